The van der Waals surface area contributed by atoms with E-state index in [1.165, 1.54) is 13.8 Å². The molecule has 0 aromatic carbocycles. The summed E-state index contributed by atoms with van der Waals surface area (Å²) in [6, 6.07) is 0. The van der Waals surface area contributed by atoms with Crippen molar-refractivity contribution in [1.29, 1.82) is 0 Å². The Morgan fingerprint density at radius 2 is 1.33 bits per heavy atom. The van der Waals surface area contributed by atoms with Gasteiger partial charge in [-0.15, -0.1) is 0 Å². The monoisotopic (exact) mass is 260 g/mol. The highest BCUT2D eigenvalue weighted by Gasteiger charge is 2.11. The standard InChI is InChI=1S/C11H16O7/c1-7(2)10(13)17-15-5-9(12)6-16-18-11(14)8(3)4/h9,12H,1,3,5-6H2,2,4H3. The number of hydrogen-bond acceptors (Lipinski definition) is 7. The molecule has 1 N–H and O–H groups in total. The van der Waals surface area contributed by atoms with Crippen molar-refractivity contribution in [3.05, 3.63) is 24.3 Å². The van der Waals surface area contributed by atoms with Crippen molar-refractivity contribution in [3.63, 3.8) is 0 Å². The van der Waals surface area contributed by atoms with E-state index in [1.807, 2.05) is 0 Å². The maximum Gasteiger partial charge on any atom is 0.368 e. The molecule has 0 aliphatic heterocycles. The van der Waals surface area contributed by atoms with Gasteiger partial charge in [-0.2, -0.15) is 9.78 Å². The zero-order valence-corrected chi connectivity index (χ0v) is 10.3. The molecule has 102 valence electrons. The predicted octanol–water partition coefficient (Wildman–Crippen LogP) is 0.449. The highest BCUT2D eigenvalue weighted by Crippen LogP contribution is 1.97. The fourth-order valence-electron chi connectivity index (χ4n) is 0.523. The lowest BCUT2D eigenvalue weighted by molar-refractivity contribution is -0.302. The minimum Gasteiger partial charge on any atom is -0.388 e. The summed E-state index contributed by atoms with van der Waals surface area (Å²) < 4.78 is 0. The molecule has 0 saturated carbocycles. The number of hydrogen-bond donors (Lipinski definition) is 1. The summed E-state index contributed by atoms with van der Waals surface area (Å²) in [5, 5.41) is 9.27. The normalized spacial score (nSPS) is 10.0. The number of aliphatic hydroxyl groups excluding tert-OH is 1. The molecule has 0 rings (SSSR count). The van der Waals surface area contributed by atoms with E-state index >= 15 is 0 Å². The van der Waals surface area contributed by atoms with E-state index in [9.17, 15) is 14.7 Å². The molecule has 0 amide bonds. The SMILES string of the molecule is C=C(C)C(=O)OOCC(O)COOC(=O)C(=C)C. The van der Waals surface area contributed by atoms with Gasteiger partial charge in [0.25, 0.3) is 0 Å². The quantitative estimate of drug-likeness (QED) is 0.385. The van der Waals surface area contributed by atoms with Crippen LogP contribution < -0.4 is 0 Å². The first-order valence-electron chi connectivity index (χ1n) is 5.01. The predicted molar refractivity (Wildman–Crippen MR) is 59.7 cm³/mol. The second-order valence-corrected chi connectivity index (χ2v) is 3.53. The maximum absolute atomic E-state index is 10.9. The zero-order valence-electron chi connectivity index (χ0n) is 10.3. The Morgan fingerprint density at radius 3 is 1.61 bits per heavy atom. The molecule has 18 heavy (non-hydrogen) atoms. The Labute approximate surface area is 104 Å². The second-order valence-electron chi connectivity index (χ2n) is 3.53. The third-order valence-corrected chi connectivity index (χ3v) is 1.49. The van der Waals surface area contributed by atoms with Gasteiger partial charge in [0.1, 0.15) is 19.3 Å². The van der Waals surface area contributed by atoms with E-state index in [-0.39, 0.29) is 24.4 Å². The van der Waals surface area contributed by atoms with Crippen LogP contribution in [0.4, 0.5) is 0 Å². The molecule has 0 atom stereocenters. The van der Waals surface area contributed by atoms with Gasteiger partial charge in [-0.25, -0.2) is 9.59 Å². The summed E-state index contributed by atoms with van der Waals surface area (Å²) in [6.45, 7) is 8.90. The van der Waals surface area contributed by atoms with Crippen LogP contribution in [0.3, 0.4) is 0 Å². The van der Waals surface area contributed by atoms with Crippen LogP contribution in [0.2, 0.25) is 0 Å². The number of carbonyl (C=O) groups is 2. The van der Waals surface area contributed by atoms with Crippen LogP contribution in [0.25, 0.3) is 0 Å². The van der Waals surface area contributed by atoms with E-state index in [2.05, 4.69) is 32.7 Å². The van der Waals surface area contributed by atoms with Crippen LogP contribution in [-0.4, -0.2) is 36.4 Å². The van der Waals surface area contributed by atoms with Gasteiger partial charge in [-0.1, -0.05) is 13.2 Å². The van der Waals surface area contributed by atoms with Gasteiger partial charge in [0.15, 0.2) is 0 Å². The molecule has 0 radical (unpaired) electrons. The summed E-state index contributed by atoms with van der Waals surface area (Å²) in [7, 11) is 0. The number of rotatable bonds is 8. The van der Waals surface area contributed by atoms with Gasteiger partial charge >= 0.3 is 11.9 Å². The minimum atomic E-state index is -1.12. The second kappa shape index (κ2) is 8.40. The van der Waals surface area contributed by atoms with Crippen LogP contribution in [-0.2, 0) is 29.1 Å². The van der Waals surface area contributed by atoms with Crippen LogP contribution in [0.15, 0.2) is 24.3 Å². The lowest BCUT2D eigenvalue weighted by atomic mass is 10.4. The van der Waals surface area contributed by atoms with Gasteiger partial charge in [-0.3, -0.25) is 9.78 Å². The first-order chi connectivity index (χ1) is 8.34. The summed E-state index contributed by atoms with van der Waals surface area (Å²) in [5.41, 5.74) is 0.326. The third kappa shape index (κ3) is 7.55. The molecule has 0 bridgehead atoms. The van der Waals surface area contributed by atoms with E-state index < -0.39 is 18.0 Å². The van der Waals surface area contributed by atoms with Gasteiger partial charge in [0.05, 0.1) is 0 Å². The van der Waals surface area contributed by atoms with Crippen LogP contribution >= 0.6 is 0 Å². The molecule has 7 nitrogen and oxygen atoms in total. The summed E-state index contributed by atoms with van der Waals surface area (Å²) >= 11 is 0. The van der Waals surface area contributed by atoms with E-state index in [1.54, 1.807) is 0 Å². The van der Waals surface area contributed by atoms with Crippen LogP contribution in [0.1, 0.15) is 13.8 Å². The lowest BCUT2D eigenvalue weighted by Gasteiger charge is -2.09. The molecular formula is C11H16O7. The molecule has 7 heteroatoms. The van der Waals surface area contributed by atoms with Crippen LogP contribution in [0, 0.1) is 0 Å². The average molecular weight is 260 g/mol. The number of aliphatic hydroxyl groups is 1. The molecule has 0 unspecified atom stereocenters. The molecular weight excluding hydrogens is 244 g/mol. The Kier molecular flexibility index (Phi) is 7.61. The minimum absolute atomic E-state index is 0.163. The molecule has 0 aliphatic rings. The Bertz CT molecular complexity index is 302. The summed E-state index contributed by atoms with van der Waals surface area (Å²) in [6.07, 6.45) is -1.12. The van der Waals surface area contributed by atoms with Crippen molar-refractivity contribution in [2.24, 2.45) is 0 Å². The van der Waals surface area contributed by atoms with Crippen molar-refractivity contribution in [2.45, 2.75) is 20.0 Å². The molecule has 0 aromatic heterocycles. The van der Waals surface area contributed by atoms with E-state index in [0.717, 1.165) is 0 Å². The largest absolute Gasteiger partial charge is 0.388 e. The third-order valence-electron chi connectivity index (χ3n) is 1.49. The first kappa shape index (κ1) is 16.3. The average Bonchev–Trinajstić information content (AvgIpc) is 2.28. The fourth-order valence-corrected chi connectivity index (χ4v) is 0.523. The zero-order chi connectivity index (χ0) is 14.1. The molecule has 0 aromatic rings. The lowest BCUT2D eigenvalue weighted by Crippen LogP contribution is -2.24. The van der Waals surface area contributed by atoms with Crippen molar-refractivity contribution < 1.29 is 34.2 Å². The van der Waals surface area contributed by atoms with Gasteiger partial charge in [-0.05, 0) is 13.8 Å². The van der Waals surface area contributed by atoms with Gasteiger partial charge in [0, 0.05) is 11.1 Å². The molecule has 0 fully saturated rings. The van der Waals surface area contributed by atoms with Gasteiger partial charge < -0.3 is 5.11 Å². The Morgan fingerprint density at radius 1 is 1.00 bits per heavy atom. The molecule has 0 heterocycles. The maximum atomic E-state index is 10.9. The van der Waals surface area contributed by atoms with E-state index in [0.29, 0.717) is 0 Å². The Balaban J connectivity index is 3.63. The molecule has 0 aliphatic carbocycles. The topological polar surface area (TPSA) is 91.3 Å². The fraction of sp³-hybridized carbons (Fsp3) is 0.455. The summed E-state index contributed by atoms with van der Waals surface area (Å²) in [4.78, 5) is 39.1. The van der Waals surface area contributed by atoms with Crippen molar-refractivity contribution in [1.82, 2.24) is 0 Å². The van der Waals surface area contributed by atoms with Crippen molar-refractivity contribution >= 4 is 11.9 Å². The number of carbonyl (C=O) groups excluding carboxylic acids is 2. The van der Waals surface area contributed by atoms with E-state index in [4.69, 9.17) is 0 Å². The highest BCUT2D eigenvalue weighted by atomic mass is 17.2. The Hall–Kier alpha value is -1.70. The van der Waals surface area contributed by atoms with Crippen molar-refractivity contribution in [3.8, 4) is 0 Å². The van der Waals surface area contributed by atoms with Crippen molar-refractivity contribution in [2.75, 3.05) is 13.2 Å². The molecule has 0 spiro atoms. The van der Waals surface area contributed by atoms with Crippen LogP contribution in [0.5, 0.6) is 0 Å². The smallest absolute Gasteiger partial charge is 0.368 e. The van der Waals surface area contributed by atoms with Gasteiger partial charge in [0.2, 0.25) is 0 Å². The summed E-state index contributed by atoms with van der Waals surface area (Å²) in [5.74, 6) is -1.48. The first-order valence-corrected chi connectivity index (χ1v) is 5.01. The highest BCUT2D eigenvalue weighted by molar-refractivity contribution is 5.86. The molecule has 0 saturated heterocycles.